The smallest absolute Gasteiger partial charge is 0.303 e. The monoisotopic (exact) mass is 623 g/mol. The molecule has 4 unspecified atom stereocenters. The summed E-state index contributed by atoms with van der Waals surface area (Å²) in [5.41, 5.74) is 0.0858. The fourth-order valence-corrected chi connectivity index (χ4v) is 5.26. The van der Waals surface area contributed by atoms with Crippen molar-refractivity contribution in [2.24, 2.45) is 5.92 Å². The Labute approximate surface area is 258 Å². The van der Waals surface area contributed by atoms with Crippen molar-refractivity contribution in [1.29, 1.82) is 0 Å². The number of hydrogen-bond donors (Lipinski definition) is 2. The number of hydrogen-bond acceptors (Lipinski definition) is 9. The number of rotatable bonds is 12. The van der Waals surface area contributed by atoms with E-state index in [2.05, 4.69) is 20.3 Å². The number of ether oxygens (including phenoxy) is 4. The number of amides is 1. The van der Waals surface area contributed by atoms with Crippen LogP contribution in [0.4, 0.5) is 5.95 Å². The fraction of sp³-hybridized carbons (Fsp3) is 0.387. The van der Waals surface area contributed by atoms with Crippen LogP contribution in [0.25, 0.3) is 11.2 Å². The van der Waals surface area contributed by atoms with Gasteiger partial charge in [-0.25, -0.2) is 4.98 Å². The highest BCUT2D eigenvalue weighted by atomic mass is 35.5. The van der Waals surface area contributed by atoms with Crippen LogP contribution in [0.5, 0.6) is 0 Å². The number of H-pyrrole nitrogens is 1. The first kappa shape index (κ1) is 31.3. The molecule has 1 aliphatic heterocycles. The van der Waals surface area contributed by atoms with Gasteiger partial charge in [-0.05, 0) is 11.1 Å². The quantitative estimate of drug-likeness (QED) is 0.177. The SMILES string of the molecule is CC(=O)OC1C(n2cnc3c(=O)[nH]c(NC(=O)C(C)C)nc32)OC(CCl)(COCc2ccccc2)C1OCc1ccccc1. The summed E-state index contributed by atoms with van der Waals surface area (Å²) in [6, 6.07) is 19.1. The second kappa shape index (κ2) is 13.7. The summed E-state index contributed by atoms with van der Waals surface area (Å²) in [6.45, 7) is 5.16. The second-order valence-corrected chi connectivity index (χ2v) is 11.1. The zero-order chi connectivity index (χ0) is 31.3. The minimum Gasteiger partial charge on any atom is -0.455 e. The van der Waals surface area contributed by atoms with Crippen molar-refractivity contribution in [2.75, 3.05) is 17.8 Å². The van der Waals surface area contributed by atoms with Crippen LogP contribution in [0.2, 0.25) is 0 Å². The number of anilines is 1. The van der Waals surface area contributed by atoms with Crippen LogP contribution in [0.1, 0.15) is 38.1 Å². The number of aromatic nitrogens is 4. The molecular formula is C31H34ClN5O7. The van der Waals surface area contributed by atoms with Crippen LogP contribution < -0.4 is 10.9 Å². The predicted octanol–water partition coefficient (Wildman–Crippen LogP) is 3.95. The van der Waals surface area contributed by atoms with Gasteiger partial charge in [0.2, 0.25) is 11.9 Å². The van der Waals surface area contributed by atoms with E-state index in [0.29, 0.717) is 0 Å². The molecule has 1 amide bonds. The van der Waals surface area contributed by atoms with Crippen molar-refractivity contribution < 1.29 is 28.5 Å². The number of fused-ring (bicyclic) bond motifs is 1. The molecule has 1 fully saturated rings. The van der Waals surface area contributed by atoms with Gasteiger partial charge in [-0.2, -0.15) is 4.98 Å². The Morgan fingerprint density at radius 2 is 1.75 bits per heavy atom. The normalized spacial score (nSPS) is 21.5. The Kier molecular flexibility index (Phi) is 9.74. The largest absolute Gasteiger partial charge is 0.455 e. The maximum atomic E-state index is 12.9. The average molecular weight is 624 g/mol. The number of benzene rings is 2. The van der Waals surface area contributed by atoms with Crippen LogP contribution in [0, 0.1) is 5.92 Å². The Morgan fingerprint density at radius 1 is 1.09 bits per heavy atom. The molecule has 3 heterocycles. The molecule has 0 saturated carbocycles. The molecule has 1 aliphatic rings. The van der Waals surface area contributed by atoms with E-state index in [0.717, 1.165) is 11.1 Å². The lowest BCUT2D eigenvalue weighted by atomic mass is 9.97. The van der Waals surface area contributed by atoms with E-state index in [1.54, 1.807) is 13.8 Å². The van der Waals surface area contributed by atoms with Gasteiger partial charge in [0, 0.05) is 12.8 Å². The van der Waals surface area contributed by atoms with E-state index in [9.17, 15) is 14.4 Å². The van der Waals surface area contributed by atoms with Crippen molar-refractivity contribution >= 4 is 40.6 Å². The van der Waals surface area contributed by atoms with Gasteiger partial charge in [0.05, 0.1) is 32.0 Å². The van der Waals surface area contributed by atoms with Crippen molar-refractivity contribution in [3.63, 3.8) is 0 Å². The molecule has 12 nitrogen and oxygen atoms in total. The number of esters is 1. The molecule has 0 bridgehead atoms. The second-order valence-electron chi connectivity index (χ2n) is 10.9. The van der Waals surface area contributed by atoms with Gasteiger partial charge in [-0.15, -0.1) is 11.6 Å². The summed E-state index contributed by atoms with van der Waals surface area (Å²) in [7, 11) is 0. The summed E-state index contributed by atoms with van der Waals surface area (Å²) in [5, 5.41) is 2.60. The molecule has 232 valence electrons. The van der Waals surface area contributed by atoms with Gasteiger partial charge in [0.1, 0.15) is 11.7 Å². The van der Waals surface area contributed by atoms with Crippen LogP contribution in [0.3, 0.4) is 0 Å². The number of aromatic amines is 1. The fourth-order valence-electron chi connectivity index (χ4n) is 4.97. The molecule has 4 aromatic rings. The Balaban J connectivity index is 1.54. The lowest BCUT2D eigenvalue weighted by Gasteiger charge is -2.33. The van der Waals surface area contributed by atoms with E-state index < -0.39 is 35.6 Å². The number of carbonyl (C=O) groups excluding carboxylic acids is 2. The highest BCUT2D eigenvalue weighted by Crippen LogP contribution is 2.43. The Bertz CT molecular complexity index is 1650. The first-order valence-corrected chi connectivity index (χ1v) is 14.7. The summed E-state index contributed by atoms with van der Waals surface area (Å²) in [5.74, 6) is -1.40. The maximum absolute atomic E-state index is 12.9. The number of halogens is 1. The molecule has 1 saturated heterocycles. The first-order chi connectivity index (χ1) is 21.2. The standard InChI is InChI=1S/C31H34ClN5O7/c1-19(2)27(39)35-30-34-26-23(28(40)36-30)33-18-37(26)29-24(43-20(3)38)25(42-15-22-12-8-5-9-13-22)31(16-32,44-29)17-41-14-21-10-6-4-7-11-21/h4-13,18-19,24-25,29H,14-17H2,1-3H3,(H2,34,35,36,39,40). The van der Waals surface area contributed by atoms with Crippen molar-refractivity contribution in [1.82, 2.24) is 19.5 Å². The number of imidazole rings is 1. The average Bonchev–Trinajstić information content (AvgIpc) is 3.56. The number of carbonyl (C=O) groups is 2. The van der Waals surface area contributed by atoms with Crippen molar-refractivity contribution in [3.8, 4) is 0 Å². The van der Waals surface area contributed by atoms with Crippen molar-refractivity contribution in [3.05, 3.63) is 88.5 Å². The molecule has 13 heteroatoms. The van der Waals surface area contributed by atoms with Crippen LogP contribution >= 0.6 is 11.6 Å². The van der Waals surface area contributed by atoms with E-state index >= 15 is 0 Å². The minimum atomic E-state index is -1.29. The van der Waals surface area contributed by atoms with Crippen LogP contribution in [-0.4, -0.2) is 61.7 Å². The third-order valence-corrected chi connectivity index (χ3v) is 7.64. The summed E-state index contributed by atoms with van der Waals surface area (Å²) in [6.07, 6.45) is -1.63. The molecule has 2 aromatic carbocycles. The number of nitrogens with zero attached hydrogens (tertiary/aromatic N) is 3. The number of alkyl halides is 1. The molecular weight excluding hydrogens is 590 g/mol. The van der Waals surface area contributed by atoms with E-state index in [-0.39, 0.29) is 54.6 Å². The topological polar surface area (TPSA) is 147 Å². The lowest BCUT2D eigenvalue weighted by molar-refractivity contribution is -0.158. The minimum absolute atomic E-state index is 0.00294. The molecule has 44 heavy (non-hydrogen) atoms. The molecule has 2 aromatic heterocycles. The summed E-state index contributed by atoms with van der Waals surface area (Å²) < 4.78 is 26.5. The third-order valence-electron chi connectivity index (χ3n) is 7.18. The zero-order valence-electron chi connectivity index (χ0n) is 24.6. The molecule has 5 rings (SSSR count). The summed E-state index contributed by atoms with van der Waals surface area (Å²) >= 11 is 6.64. The molecule has 0 spiro atoms. The molecule has 2 N–H and O–H groups in total. The third kappa shape index (κ3) is 6.83. The molecule has 0 radical (unpaired) electrons. The van der Waals surface area contributed by atoms with Gasteiger partial charge in [0.15, 0.2) is 23.5 Å². The molecule has 4 atom stereocenters. The van der Waals surface area contributed by atoms with Gasteiger partial charge in [-0.1, -0.05) is 74.5 Å². The first-order valence-electron chi connectivity index (χ1n) is 14.2. The van der Waals surface area contributed by atoms with Gasteiger partial charge in [-0.3, -0.25) is 29.3 Å². The zero-order valence-corrected chi connectivity index (χ0v) is 25.3. The van der Waals surface area contributed by atoms with Crippen LogP contribution in [-0.2, 0) is 41.8 Å². The predicted molar refractivity (Wildman–Crippen MR) is 162 cm³/mol. The summed E-state index contributed by atoms with van der Waals surface area (Å²) in [4.78, 5) is 48.9. The highest BCUT2D eigenvalue weighted by Gasteiger charge is 2.59. The lowest BCUT2D eigenvalue weighted by Crippen LogP contribution is -2.51. The van der Waals surface area contributed by atoms with Gasteiger partial charge < -0.3 is 18.9 Å². The Hall–Kier alpha value is -4.10. The maximum Gasteiger partial charge on any atom is 0.303 e. The van der Waals surface area contributed by atoms with Crippen LogP contribution in [0.15, 0.2) is 71.8 Å². The highest BCUT2D eigenvalue weighted by molar-refractivity contribution is 6.18. The molecule has 0 aliphatic carbocycles. The van der Waals surface area contributed by atoms with Gasteiger partial charge >= 0.3 is 5.97 Å². The van der Waals surface area contributed by atoms with E-state index in [1.165, 1.54) is 17.8 Å². The van der Waals surface area contributed by atoms with E-state index in [4.69, 9.17) is 30.5 Å². The number of nitrogens with one attached hydrogen (secondary N) is 2. The van der Waals surface area contributed by atoms with Gasteiger partial charge in [0.25, 0.3) is 5.56 Å². The van der Waals surface area contributed by atoms with E-state index in [1.807, 2.05) is 60.7 Å². The Morgan fingerprint density at radius 3 is 2.36 bits per heavy atom. The van der Waals surface area contributed by atoms with Crippen molar-refractivity contribution in [2.45, 2.75) is 58.0 Å².